The molecule has 3 aromatic rings. The van der Waals surface area contributed by atoms with Crippen LogP contribution in [0.15, 0.2) is 54.7 Å². The molecular formula is C29H28F3NO9. The Morgan fingerprint density at radius 3 is 2.12 bits per heavy atom. The summed E-state index contributed by atoms with van der Waals surface area (Å²) in [5.74, 6) is -3.39. The Labute approximate surface area is 239 Å². The summed E-state index contributed by atoms with van der Waals surface area (Å²) in [6.07, 6.45) is -3.56. The topological polar surface area (TPSA) is 119 Å². The lowest BCUT2D eigenvalue weighted by molar-refractivity contribution is -0.206. The number of esters is 2. The van der Waals surface area contributed by atoms with Crippen molar-refractivity contribution < 1.29 is 56.0 Å². The zero-order valence-corrected chi connectivity index (χ0v) is 23.4. The lowest BCUT2D eigenvalue weighted by Gasteiger charge is -2.25. The van der Waals surface area contributed by atoms with Crippen LogP contribution in [0.2, 0.25) is 0 Å². The molecule has 13 heteroatoms. The Bertz CT molecular complexity index is 1440. The number of aromatic nitrogens is 1. The number of hydrogen-bond donors (Lipinski definition) is 0. The van der Waals surface area contributed by atoms with E-state index in [-0.39, 0.29) is 35.1 Å². The maximum Gasteiger partial charge on any atom is 0.491 e. The lowest BCUT2D eigenvalue weighted by Crippen LogP contribution is -2.43. The second-order valence-corrected chi connectivity index (χ2v) is 9.15. The van der Waals surface area contributed by atoms with E-state index in [2.05, 4.69) is 9.72 Å². The summed E-state index contributed by atoms with van der Waals surface area (Å²) in [5, 5.41) is 0. The molecule has 3 rings (SSSR count). The number of halogens is 3. The second kappa shape index (κ2) is 13.2. The third-order valence-corrected chi connectivity index (χ3v) is 5.79. The first-order chi connectivity index (χ1) is 19.8. The van der Waals surface area contributed by atoms with Gasteiger partial charge in [-0.3, -0.25) is 4.79 Å². The molecule has 2 aromatic carbocycles. The number of pyridine rings is 1. The fourth-order valence-electron chi connectivity index (χ4n) is 3.55. The predicted molar refractivity (Wildman–Crippen MR) is 141 cm³/mol. The molecule has 0 bridgehead atoms. The van der Waals surface area contributed by atoms with E-state index in [0.29, 0.717) is 17.9 Å². The molecule has 0 unspecified atom stereocenters. The summed E-state index contributed by atoms with van der Waals surface area (Å²) in [5.41, 5.74) is -1.07. The van der Waals surface area contributed by atoms with Crippen LogP contribution >= 0.6 is 0 Å². The van der Waals surface area contributed by atoms with Gasteiger partial charge in [-0.25, -0.2) is 14.6 Å². The van der Waals surface area contributed by atoms with Gasteiger partial charge in [-0.1, -0.05) is 6.07 Å². The highest BCUT2D eigenvalue weighted by Gasteiger charge is 2.45. The zero-order chi connectivity index (χ0) is 31.1. The SMILES string of the molecule is COc1ccc(C(=O)c2ccc(OCCc3ccc(OC)c(OC)c3)nc2)c(OC(C)(C)C(=O)OC(=O)C(F)(F)F)c1. The molecular weight excluding hydrogens is 563 g/mol. The number of carbonyl (C=O) groups excluding carboxylic acids is 3. The lowest BCUT2D eigenvalue weighted by atomic mass is 10.0. The number of ketones is 1. The molecule has 0 aliphatic rings. The van der Waals surface area contributed by atoms with Crippen molar-refractivity contribution in [3.63, 3.8) is 0 Å². The van der Waals surface area contributed by atoms with Crippen molar-refractivity contribution in [3.05, 3.63) is 71.4 Å². The molecule has 1 aromatic heterocycles. The predicted octanol–water partition coefficient (Wildman–Crippen LogP) is 4.75. The Kier molecular flexibility index (Phi) is 9.99. The van der Waals surface area contributed by atoms with Crippen molar-refractivity contribution in [2.75, 3.05) is 27.9 Å². The zero-order valence-electron chi connectivity index (χ0n) is 23.4. The number of benzene rings is 2. The van der Waals surface area contributed by atoms with Crippen LogP contribution in [0.25, 0.3) is 0 Å². The Hall–Kier alpha value is -4.81. The Morgan fingerprint density at radius 2 is 1.52 bits per heavy atom. The van der Waals surface area contributed by atoms with Crippen LogP contribution in [0, 0.1) is 0 Å². The van der Waals surface area contributed by atoms with Crippen LogP contribution in [0.3, 0.4) is 0 Å². The first-order valence-corrected chi connectivity index (χ1v) is 12.3. The molecule has 0 fully saturated rings. The van der Waals surface area contributed by atoms with Crippen molar-refractivity contribution in [2.24, 2.45) is 0 Å². The summed E-state index contributed by atoms with van der Waals surface area (Å²) in [4.78, 5) is 40.9. The average Bonchev–Trinajstić information content (AvgIpc) is 2.96. The van der Waals surface area contributed by atoms with Gasteiger partial charge in [0, 0.05) is 30.3 Å². The highest BCUT2D eigenvalue weighted by atomic mass is 19.4. The van der Waals surface area contributed by atoms with E-state index in [1.807, 2.05) is 12.1 Å². The van der Waals surface area contributed by atoms with Gasteiger partial charge in [-0.2, -0.15) is 13.2 Å². The largest absolute Gasteiger partial charge is 0.497 e. The molecule has 0 saturated heterocycles. The van der Waals surface area contributed by atoms with Crippen LogP contribution in [-0.4, -0.2) is 62.4 Å². The van der Waals surface area contributed by atoms with Gasteiger partial charge < -0.3 is 28.4 Å². The maximum atomic E-state index is 13.3. The number of methoxy groups -OCH3 is 3. The van der Waals surface area contributed by atoms with Crippen molar-refractivity contribution >= 4 is 17.7 Å². The van der Waals surface area contributed by atoms with Crippen LogP contribution < -0.4 is 23.7 Å². The van der Waals surface area contributed by atoms with E-state index in [1.165, 1.54) is 43.6 Å². The van der Waals surface area contributed by atoms with Gasteiger partial charge in [-0.15, -0.1) is 0 Å². The normalized spacial score (nSPS) is 11.3. The molecule has 0 aliphatic carbocycles. The van der Waals surface area contributed by atoms with Crippen LogP contribution in [-0.2, 0) is 20.7 Å². The van der Waals surface area contributed by atoms with E-state index in [9.17, 15) is 27.6 Å². The van der Waals surface area contributed by atoms with Gasteiger partial charge in [0.05, 0.1) is 33.5 Å². The van der Waals surface area contributed by atoms with Crippen LogP contribution in [0.5, 0.6) is 28.9 Å². The molecule has 0 aliphatic heterocycles. The molecule has 10 nitrogen and oxygen atoms in total. The first kappa shape index (κ1) is 31.7. The number of ether oxygens (including phenoxy) is 6. The van der Waals surface area contributed by atoms with E-state index in [4.69, 9.17) is 23.7 Å². The van der Waals surface area contributed by atoms with Gasteiger partial charge >= 0.3 is 18.1 Å². The van der Waals surface area contributed by atoms with Gasteiger partial charge in [0.1, 0.15) is 11.5 Å². The summed E-state index contributed by atoms with van der Waals surface area (Å²) in [6.45, 7) is 2.46. The van der Waals surface area contributed by atoms with Crippen molar-refractivity contribution in [1.29, 1.82) is 0 Å². The standard InChI is InChI=1S/C29H28F3NO9/c1-28(2,26(35)41-27(36)29(30,31)32)42-22-15-19(37-3)8-9-20(22)25(34)18-7-11-24(33-16-18)40-13-12-17-6-10-21(38-4)23(14-17)39-5/h6-11,14-16H,12-13H2,1-5H3. The fourth-order valence-corrected chi connectivity index (χ4v) is 3.55. The molecule has 1 heterocycles. The summed E-state index contributed by atoms with van der Waals surface area (Å²) in [6, 6.07) is 12.5. The molecule has 0 N–H and O–H groups in total. The Balaban J connectivity index is 1.72. The smallest absolute Gasteiger partial charge is 0.491 e. The average molecular weight is 592 g/mol. The second-order valence-electron chi connectivity index (χ2n) is 9.15. The number of nitrogens with zero attached hydrogens (tertiary/aromatic N) is 1. The first-order valence-electron chi connectivity index (χ1n) is 12.3. The van der Waals surface area contributed by atoms with E-state index < -0.39 is 29.5 Å². The van der Waals surface area contributed by atoms with Crippen molar-refractivity contribution in [1.82, 2.24) is 4.98 Å². The molecule has 0 saturated carbocycles. The third-order valence-electron chi connectivity index (χ3n) is 5.79. The third kappa shape index (κ3) is 7.89. The number of carbonyl (C=O) groups is 3. The van der Waals surface area contributed by atoms with Gasteiger partial charge in [0.2, 0.25) is 11.5 Å². The summed E-state index contributed by atoms with van der Waals surface area (Å²) >= 11 is 0. The van der Waals surface area contributed by atoms with E-state index in [1.54, 1.807) is 20.3 Å². The highest BCUT2D eigenvalue weighted by Crippen LogP contribution is 2.31. The minimum Gasteiger partial charge on any atom is -0.497 e. The summed E-state index contributed by atoms with van der Waals surface area (Å²) < 4.78 is 68.5. The molecule has 0 atom stereocenters. The number of rotatable bonds is 12. The van der Waals surface area contributed by atoms with Crippen molar-refractivity contribution in [3.8, 4) is 28.9 Å². The molecule has 0 radical (unpaired) electrons. The fraction of sp³-hybridized carbons (Fsp3) is 0.310. The molecule has 224 valence electrons. The van der Waals surface area contributed by atoms with Gasteiger partial charge in [0.15, 0.2) is 17.3 Å². The minimum atomic E-state index is -5.38. The molecule has 0 spiro atoms. The van der Waals surface area contributed by atoms with Crippen LogP contribution in [0.4, 0.5) is 13.2 Å². The van der Waals surface area contributed by atoms with Gasteiger partial charge in [-0.05, 0) is 49.7 Å². The van der Waals surface area contributed by atoms with Gasteiger partial charge in [0.25, 0.3) is 0 Å². The minimum absolute atomic E-state index is 0.0530. The molecule has 42 heavy (non-hydrogen) atoms. The maximum absolute atomic E-state index is 13.3. The van der Waals surface area contributed by atoms with E-state index >= 15 is 0 Å². The Morgan fingerprint density at radius 1 is 0.810 bits per heavy atom. The monoisotopic (exact) mass is 591 g/mol. The summed E-state index contributed by atoms with van der Waals surface area (Å²) in [7, 11) is 4.43. The number of hydrogen-bond acceptors (Lipinski definition) is 10. The van der Waals surface area contributed by atoms with E-state index in [0.717, 1.165) is 19.4 Å². The van der Waals surface area contributed by atoms with Crippen molar-refractivity contribution in [2.45, 2.75) is 32.0 Å². The highest BCUT2D eigenvalue weighted by molar-refractivity contribution is 6.10. The molecule has 0 amide bonds. The quantitative estimate of drug-likeness (QED) is 0.166. The van der Waals surface area contributed by atoms with Crippen LogP contribution in [0.1, 0.15) is 35.3 Å². The number of alkyl halides is 3.